The minimum atomic E-state index is -0.664. The molecule has 1 unspecified atom stereocenters. The first-order valence-electron chi connectivity index (χ1n) is 3.92. The van der Waals surface area contributed by atoms with E-state index in [1.807, 2.05) is 12.1 Å². The van der Waals surface area contributed by atoms with Crippen LogP contribution in [0.25, 0.3) is 5.57 Å². The molecule has 1 aliphatic heterocycles. The largest absolute Gasteiger partial charge is 0.515 e. The molecule has 0 aliphatic carbocycles. The maximum atomic E-state index is 10.6. The number of fused-ring (bicyclic) bond motifs is 1. The van der Waals surface area contributed by atoms with E-state index in [0.29, 0.717) is 17.6 Å². The summed E-state index contributed by atoms with van der Waals surface area (Å²) >= 11 is 0. The fourth-order valence-electron chi connectivity index (χ4n) is 1.41. The van der Waals surface area contributed by atoms with Gasteiger partial charge in [0.15, 0.2) is 12.4 Å². The molecule has 1 heterocycles. The molecule has 0 radical (unpaired) electrons. The van der Waals surface area contributed by atoms with E-state index >= 15 is 0 Å². The van der Waals surface area contributed by atoms with Gasteiger partial charge in [-0.2, -0.15) is 0 Å². The van der Waals surface area contributed by atoms with E-state index in [-0.39, 0.29) is 0 Å². The molecule has 0 bridgehead atoms. The molecule has 0 saturated heterocycles. The standard InChI is InChI=1S/C10H8O3/c11-5-8-7-3-1-2-4-9(7)13-10(8)6-12/h1-6,10-11H. The number of aliphatic hydroxyl groups excluding tert-OH is 1. The van der Waals surface area contributed by atoms with Gasteiger partial charge in [0.25, 0.3) is 0 Å². The number of aldehydes is 1. The number of benzene rings is 1. The zero-order chi connectivity index (χ0) is 9.26. The number of carbonyl (C=O) groups is 1. The SMILES string of the molecule is O=CC1Oc2ccccc2C1=CO. The third-order valence-electron chi connectivity index (χ3n) is 2.02. The van der Waals surface area contributed by atoms with Crippen molar-refractivity contribution in [1.29, 1.82) is 0 Å². The highest BCUT2D eigenvalue weighted by Gasteiger charge is 2.27. The van der Waals surface area contributed by atoms with Gasteiger partial charge in [0.2, 0.25) is 0 Å². The normalized spacial score (nSPS) is 22.5. The summed E-state index contributed by atoms with van der Waals surface area (Å²) in [5, 5.41) is 8.91. The first-order valence-corrected chi connectivity index (χ1v) is 3.92. The average Bonchev–Trinajstić information content (AvgIpc) is 2.55. The van der Waals surface area contributed by atoms with Crippen LogP contribution in [0.1, 0.15) is 5.56 Å². The Balaban J connectivity index is 2.52. The number of ether oxygens (including phenoxy) is 1. The zero-order valence-corrected chi connectivity index (χ0v) is 6.81. The molecule has 2 rings (SSSR count). The van der Waals surface area contributed by atoms with Gasteiger partial charge in [-0.1, -0.05) is 18.2 Å². The predicted molar refractivity (Wildman–Crippen MR) is 47.5 cm³/mol. The summed E-state index contributed by atoms with van der Waals surface area (Å²) in [6.07, 6.45) is 0.926. The summed E-state index contributed by atoms with van der Waals surface area (Å²) in [7, 11) is 0. The van der Waals surface area contributed by atoms with E-state index in [1.54, 1.807) is 12.1 Å². The second kappa shape index (κ2) is 2.94. The number of hydrogen-bond acceptors (Lipinski definition) is 3. The van der Waals surface area contributed by atoms with Crippen LogP contribution in [-0.4, -0.2) is 17.5 Å². The molecule has 0 amide bonds. The van der Waals surface area contributed by atoms with Crippen LogP contribution in [0.3, 0.4) is 0 Å². The molecule has 13 heavy (non-hydrogen) atoms. The van der Waals surface area contributed by atoms with Crippen molar-refractivity contribution in [3.8, 4) is 5.75 Å². The van der Waals surface area contributed by atoms with Crippen molar-refractivity contribution >= 4 is 11.9 Å². The topological polar surface area (TPSA) is 46.5 Å². The molecule has 1 aromatic rings. The maximum Gasteiger partial charge on any atom is 0.182 e. The Bertz CT molecular complexity index is 368. The summed E-state index contributed by atoms with van der Waals surface area (Å²) in [5.41, 5.74) is 1.30. The Labute approximate surface area is 75.3 Å². The highest BCUT2D eigenvalue weighted by molar-refractivity contribution is 5.88. The van der Waals surface area contributed by atoms with Crippen molar-refractivity contribution in [2.24, 2.45) is 0 Å². The summed E-state index contributed by atoms with van der Waals surface area (Å²) in [6.45, 7) is 0. The maximum absolute atomic E-state index is 10.6. The quantitative estimate of drug-likeness (QED) is 0.521. The second-order valence-corrected chi connectivity index (χ2v) is 2.76. The molecule has 1 aromatic carbocycles. The summed E-state index contributed by atoms with van der Waals surface area (Å²) in [5.74, 6) is 0.639. The molecule has 0 fully saturated rings. The Kier molecular flexibility index (Phi) is 1.77. The van der Waals surface area contributed by atoms with Crippen molar-refractivity contribution in [3.63, 3.8) is 0 Å². The van der Waals surface area contributed by atoms with Crippen molar-refractivity contribution in [2.75, 3.05) is 0 Å². The first kappa shape index (κ1) is 7.86. The third-order valence-corrected chi connectivity index (χ3v) is 2.02. The van der Waals surface area contributed by atoms with Crippen molar-refractivity contribution < 1.29 is 14.6 Å². The Morgan fingerprint density at radius 3 is 2.85 bits per heavy atom. The van der Waals surface area contributed by atoms with Gasteiger partial charge in [-0.25, -0.2) is 0 Å². The van der Waals surface area contributed by atoms with Gasteiger partial charge >= 0.3 is 0 Å². The van der Waals surface area contributed by atoms with E-state index in [1.165, 1.54) is 0 Å². The smallest absolute Gasteiger partial charge is 0.182 e. The number of hydrogen-bond donors (Lipinski definition) is 1. The predicted octanol–water partition coefficient (Wildman–Crippen LogP) is 1.55. The minimum absolute atomic E-state index is 0.519. The van der Waals surface area contributed by atoms with E-state index in [4.69, 9.17) is 9.84 Å². The molecule has 1 N–H and O–H groups in total. The van der Waals surface area contributed by atoms with Gasteiger partial charge in [-0.15, -0.1) is 0 Å². The Morgan fingerprint density at radius 1 is 1.38 bits per heavy atom. The van der Waals surface area contributed by atoms with Crippen molar-refractivity contribution in [3.05, 3.63) is 36.1 Å². The molecule has 3 heteroatoms. The molecular weight excluding hydrogens is 168 g/mol. The molecule has 1 aliphatic rings. The average molecular weight is 176 g/mol. The van der Waals surface area contributed by atoms with Crippen molar-refractivity contribution in [2.45, 2.75) is 6.10 Å². The fourth-order valence-corrected chi connectivity index (χ4v) is 1.41. The van der Waals surface area contributed by atoms with Crippen LogP contribution in [0.15, 0.2) is 30.5 Å². The van der Waals surface area contributed by atoms with Crippen LogP contribution >= 0.6 is 0 Å². The lowest BCUT2D eigenvalue weighted by Gasteiger charge is -2.01. The molecule has 66 valence electrons. The number of rotatable bonds is 1. The van der Waals surface area contributed by atoms with Gasteiger partial charge < -0.3 is 9.84 Å². The van der Waals surface area contributed by atoms with Crippen LogP contribution in [0.4, 0.5) is 0 Å². The number of para-hydroxylation sites is 1. The molecule has 1 atom stereocenters. The summed E-state index contributed by atoms with van der Waals surface area (Å²) in [4.78, 5) is 10.6. The molecule has 3 nitrogen and oxygen atoms in total. The number of aliphatic hydroxyl groups is 1. The number of carbonyl (C=O) groups excluding carboxylic acids is 1. The van der Waals surface area contributed by atoms with Gasteiger partial charge in [-0.05, 0) is 6.07 Å². The van der Waals surface area contributed by atoms with Gasteiger partial charge in [-0.3, -0.25) is 4.79 Å². The highest BCUT2D eigenvalue weighted by Crippen LogP contribution is 2.35. The summed E-state index contributed by atoms with van der Waals surface area (Å²) in [6, 6.07) is 7.23. The van der Waals surface area contributed by atoms with E-state index in [9.17, 15) is 4.79 Å². The van der Waals surface area contributed by atoms with Gasteiger partial charge in [0.1, 0.15) is 5.75 Å². The van der Waals surface area contributed by atoms with E-state index in [2.05, 4.69) is 0 Å². The van der Waals surface area contributed by atoms with E-state index < -0.39 is 6.10 Å². The molecule has 0 aromatic heterocycles. The lowest BCUT2D eigenvalue weighted by Crippen LogP contribution is -2.13. The molecular formula is C10H8O3. The second-order valence-electron chi connectivity index (χ2n) is 2.76. The monoisotopic (exact) mass is 176 g/mol. The zero-order valence-electron chi connectivity index (χ0n) is 6.81. The molecule has 0 saturated carbocycles. The fraction of sp³-hybridized carbons (Fsp3) is 0.100. The minimum Gasteiger partial charge on any atom is -0.515 e. The lowest BCUT2D eigenvalue weighted by molar-refractivity contribution is -0.111. The Morgan fingerprint density at radius 2 is 2.15 bits per heavy atom. The van der Waals surface area contributed by atoms with Crippen LogP contribution < -0.4 is 4.74 Å². The lowest BCUT2D eigenvalue weighted by atomic mass is 10.1. The third kappa shape index (κ3) is 1.09. The first-order chi connectivity index (χ1) is 6.36. The molecule has 0 spiro atoms. The van der Waals surface area contributed by atoms with Crippen LogP contribution in [-0.2, 0) is 4.79 Å². The highest BCUT2D eigenvalue weighted by atomic mass is 16.5. The van der Waals surface area contributed by atoms with Gasteiger partial charge in [0.05, 0.1) is 6.26 Å². The van der Waals surface area contributed by atoms with Crippen LogP contribution in [0.5, 0.6) is 5.75 Å². The van der Waals surface area contributed by atoms with Crippen LogP contribution in [0, 0.1) is 0 Å². The van der Waals surface area contributed by atoms with E-state index in [0.717, 1.165) is 11.8 Å². The summed E-state index contributed by atoms with van der Waals surface area (Å²) < 4.78 is 5.26. The Hall–Kier alpha value is -1.77. The van der Waals surface area contributed by atoms with Crippen molar-refractivity contribution in [1.82, 2.24) is 0 Å². The van der Waals surface area contributed by atoms with Crippen LogP contribution in [0.2, 0.25) is 0 Å². The van der Waals surface area contributed by atoms with Gasteiger partial charge in [0, 0.05) is 11.1 Å².